The molecule has 1 saturated heterocycles. The van der Waals surface area contributed by atoms with Gasteiger partial charge in [-0.2, -0.15) is 0 Å². The van der Waals surface area contributed by atoms with E-state index in [-0.39, 0.29) is 5.91 Å². The van der Waals surface area contributed by atoms with E-state index in [1.54, 1.807) is 0 Å². The first kappa shape index (κ1) is 13.6. The lowest BCUT2D eigenvalue weighted by Crippen LogP contribution is -2.44. The lowest BCUT2D eigenvalue weighted by molar-refractivity contribution is 0.0703. The number of nitrogens with one attached hydrogen (secondary N) is 1. The summed E-state index contributed by atoms with van der Waals surface area (Å²) in [5.41, 5.74) is 3.70. The quantitative estimate of drug-likeness (QED) is 0.896. The minimum atomic E-state index is 0.185. The van der Waals surface area contributed by atoms with Gasteiger partial charge in [0, 0.05) is 18.7 Å². The molecular formula is C17H24N2O. The standard InChI is InChI=1S/C17H24N2O/c1-19(16-8-10-18-11-9-16)17(20)15-7-6-13-4-2-3-5-14(13)12-15/h6-7,12,16,18H,2-5,8-11H2,1H3. The third-order valence-corrected chi connectivity index (χ3v) is 4.77. The smallest absolute Gasteiger partial charge is 0.253 e. The van der Waals surface area contributed by atoms with Gasteiger partial charge in [-0.15, -0.1) is 0 Å². The second kappa shape index (κ2) is 5.96. The van der Waals surface area contributed by atoms with Crippen LogP contribution in [0.5, 0.6) is 0 Å². The number of hydrogen-bond acceptors (Lipinski definition) is 2. The molecule has 0 aromatic heterocycles. The van der Waals surface area contributed by atoms with Crippen molar-refractivity contribution in [2.45, 2.75) is 44.6 Å². The van der Waals surface area contributed by atoms with E-state index in [2.05, 4.69) is 17.4 Å². The third-order valence-electron chi connectivity index (χ3n) is 4.77. The van der Waals surface area contributed by atoms with E-state index in [1.807, 2.05) is 18.0 Å². The molecule has 0 saturated carbocycles. The number of aryl methyl sites for hydroxylation is 2. The number of hydrogen-bond donors (Lipinski definition) is 1. The summed E-state index contributed by atoms with van der Waals surface area (Å²) in [7, 11) is 1.96. The van der Waals surface area contributed by atoms with Crippen LogP contribution in [0.2, 0.25) is 0 Å². The molecule has 3 nitrogen and oxygen atoms in total. The van der Waals surface area contributed by atoms with Crippen LogP contribution in [0.1, 0.15) is 47.2 Å². The molecule has 20 heavy (non-hydrogen) atoms. The average Bonchev–Trinajstić information content (AvgIpc) is 2.54. The first-order chi connectivity index (χ1) is 9.75. The molecular weight excluding hydrogens is 248 g/mol. The summed E-state index contributed by atoms with van der Waals surface area (Å²) in [5, 5.41) is 3.35. The van der Waals surface area contributed by atoms with E-state index >= 15 is 0 Å². The van der Waals surface area contributed by atoms with Crippen LogP contribution in [0, 0.1) is 0 Å². The molecule has 0 unspecified atom stereocenters. The zero-order valence-corrected chi connectivity index (χ0v) is 12.3. The first-order valence-corrected chi connectivity index (χ1v) is 7.85. The summed E-state index contributed by atoms with van der Waals surface area (Å²) >= 11 is 0. The molecule has 3 rings (SSSR count). The largest absolute Gasteiger partial charge is 0.339 e. The summed E-state index contributed by atoms with van der Waals surface area (Å²) in [6, 6.07) is 6.70. The average molecular weight is 272 g/mol. The van der Waals surface area contributed by atoms with Crippen LogP contribution < -0.4 is 5.32 Å². The number of nitrogens with zero attached hydrogens (tertiary/aromatic N) is 1. The van der Waals surface area contributed by atoms with Crippen LogP contribution in [0.4, 0.5) is 0 Å². The maximum absolute atomic E-state index is 12.6. The fraction of sp³-hybridized carbons (Fsp3) is 0.588. The minimum absolute atomic E-state index is 0.185. The van der Waals surface area contributed by atoms with Crippen LogP contribution in [-0.2, 0) is 12.8 Å². The number of piperidine rings is 1. The zero-order valence-electron chi connectivity index (χ0n) is 12.3. The maximum atomic E-state index is 12.6. The van der Waals surface area contributed by atoms with Crippen molar-refractivity contribution in [1.82, 2.24) is 10.2 Å². The molecule has 0 bridgehead atoms. The van der Waals surface area contributed by atoms with E-state index in [0.717, 1.165) is 37.9 Å². The number of fused-ring (bicyclic) bond motifs is 1. The highest BCUT2D eigenvalue weighted by Gasteiger charge is 2.23. The van der Waals surface area contributed by atoms with E-state index in [1.165, 1.54) is 30.4 Å². The molecule has 1 N–H and O–H groups in total. The van der Waals surface area contributed by atoms with Gasteiger partial charge in [0.25, 0.3) is 5.91 Å². The van der Waals surface area contributed by atoms with E-state index in [9.17, 15) is 4.79 Å². The Morgan fingerprint density at radius 1 is 1.15 bits per heavy atom. The minimum Gasteiger partial charge on any atom is -0.339 e. The van der Waals surface area contributed by atoms with Crippen LogP contribution in [0.3, 0.4) is 0 Å². The molecule has 1 heterocycles. The highest BCUT2D eigenvalue weighted by Crippen LogP contribution is 2.23. The SMILES string of the molecule is CN(C(=O)c1ccc2c(c1)CCCC2)C1CCNCC1. The molecule has 1 aliphatic carbocycles. The Hall–Kier alpha value is -1.35. The number of carbonyl (C=O) groups is 1. The van der Waals surface area contributed by atoms with Crippen LogP contribution in [0.25, 0.3) is 0 Å². The maximum Gasteiger partial charge on any atom is 0.253 e. The van der Waals surface area contributed by atoms with E-state index in [4.69, 9.17) is 0 Å². The van der Waals surface area contributed by atoms with Crippen molar-refractivity contribution in [2.75, 3.05) is 20.1 Å². The molecule has 1 aromatic rings. The molecule has 1 amide bonds. The van der Waals surface area contributed by atoms with Gasteiger partial charge >= 0.3 is 0 Å². The predicted octanol–water partition coefficient (Wildman–Crippen LogP) is 2.39. The van der Waals surface area contributed by atoms with Gasteiger partial charge in [-0.05, 0) is 74.9 Å². The fourth-order valence-electron chi connectivity index (χ4n) is 3.43. The van der Waals surface area contributed by atoms with Crippen LogP contribution in [-0.4, -0.2) is 37.0 Å². The molecule has 2 aliphatic rings. The fourth-order valence-corrected chi connectivity index (χ4v) is 3.43. The van der Waals surface area contributed by atoms with Gasteiger partial charge in [-0.1, -0.05) is 6.07 Å². The number of amides is 1. The van der Waals surface area contributed by atoms with Crippen molar-refractivity contribution in [2.24, 2.45) is 0 Å². The topological polar surface area (TPSA) is 32.3 Å². The molecule has 1 aromatic carbocycles. The second-order valence-electron chi connectivity index (χ2n) is 6.09. The van der Waals surface area contributed by atoms with Gasteiger partial charge in [-0.25, -0.2) is 0 Å². The van der Waals surface area contributed by atoms with Crippen molar-refractivity contribution >= 4 is 5.91 Å². The molecule has 0 atom stereocenters. The van der Waals surface area contributed by atoms with Crippen molar-refractivity contribution in [1.29, 1.82) is 0 Å². The second-order valence-corrected chi connectivity index (χ2v) is 6.09. The highest BCUT2D eigenvalue weighted by atomic mass is 16.2. The number of carbonyl (C=O) groups excluding carboxylic acids is 1. The summed E-state index contributed by atoms with van der Waals surface area (Å²) in [6.07, 6.45) is 6.98. The Morgan fingerprint density at radius 2 is 1.85 bits per heavy atom. The Bertz CT molecular complexity index is 492. The Kier molecular flexibility index (Phi) is 4.06. The van der Waals surface area contributed by atoms with Crippen molar-refractivity contribution in [3.63, 3.8) is 0 Å². The first-order valence-electron chi connectivity index (χ1n) is 7.85. The van der Waals surface area contributed by atoms with E-state index in [0.29, 0.717) is 6.04 Å². The van der Waals surface area contributed by atoms with Gasteiger partial charge in [0.15, 0.2) is 0 Å². The van der Waals surface area contributed by atoms with Gasteiger partial charge in [0.1, 0.15) is 0 Å². The zero-order chi connectivity index (χ0) is 13.9. The van der Waals surface area contributed by atoms with Gasteiger partial charge in [0.05, 0.1) is 0 Å². The molecule has 0 spiro atoms. The number of benzene rings is 1. The third kappa shape index (κ3) is 2.73. The van der Waals surface area contributed by atoms with Gasteiger partial charge < -0.3 is 10.2 Å². The Balaban J connectivity index is 1.75. The van der Waals surface area contributed by atoms with Gasteiger partial charge in [0.2, 0.25) is 0 Å². The normalized spacial score (nSPS) is 19.4. The molecule has 108 valence electrons. The monoisotopic (exact) mass is 272 g/mol. The summed E-state index contributed by atoms with van der Waals surface area (Å²) < 4.78 is 0. The summed E-state index contributed by atoms with van der Waals surface area (Å²) in [4.78, 5) is 14.6. The lowest BCUT2D eigenvalue weighted by atomic mass is 9.90. The molecule has 1 aliphatic heterocycles. The van der Waals surface area contributed by atoms with Crippen molar-refractivity contribution < 1.29 is 4.79 Å². The summed E-state index contributed by atoms with van der Waals surface area (Å²) in [6.45, 7) is 2.04. The number of rotatable bonds is 2. The predicted molar refractivity (Wildman–Crippen MR) is 81.1 cm³/mol. The Morgan fingerprint density at radius 3 is 2.60 bits per heavy atom. The Labute approximate surface area is 121 Å². The van der Waals surface area contributed by atoms with Crippen molar-refractivity contribution in [3.8, 4) is 0 Å². The highest BCUT2D eigenvalue weighted by molar-refractivity contribution is 5.94. The molecule has 0 radical (unpaired) electrons. The molecule has 3 heteroatoms. The van der Waals surface area contributed by atoms with Crippen LogP contribution in [0.15, 0.2) is 18.2 Å². The van der Waals surface area contributed by atoms with Gasteiger partial charge in [-0.3, -0.25) is 4.79 Å². The summed E-state index contributed by atoms with van der Waals surface area (Å²) in [5.74, 6) is 0.185. The van der Waals surface area contributed by atoms with E-state index < -0.39 is 0 Å². The lowest BCUT2D eigenvalue weighted by Gasteiger charge is -2.32. The van der Waals surface area contributed by atoms with Crippen molar-refractivity contribution in [3.05, 3.63) is 34.9 Å². The molecule has 1 fully saturated rings. The van der Waals surface area contributed by atoms with Crippen LogP contribution >= 0.6 is 0 Å².